The number of carbonyl (C=O) groups is 2. The summed E-state index contributed by atoms with van der Waals surface area (Å²) in [6.45, 7) is 2.45. The third-order valence-electron chi connectivity index (χ3n) is 7.99. The maximum atomic E-state index is 13.8. The number of aliphatic hydroxyl groups is 2. The van der Waals surface area contributed by atoms with Crippen LogP contribution in [0.3, 0.4) is 0 Å². The Labute approximate surface area is 248 Å². The number of anilines is 1. The minimum Gasteiger partial charge on any atom is -0.497 e. The summed E-state index contributed by atoms with van der Waals surface area (Å²) in [6.07, 6.45) is 4.17. The fraction of sp³-hybridized carbons (Fsp3) is 0.312. The highest BCUT2D eigenvalue weighted by Crippen LogP contribution is 2.47. The Kier molecular flexibility index (Phi) is 8.30. The van der Waals surface area contributed by atoms with Crippen LogP contribution in [0, 0.1) is 9.49 Å². The molecule has 5 rings (SSSR count). The predicted molar refractivity (Wildman–Crippen MR) is 162 cm³/mol. The molecule has 0 spiro atoms. The van der Waals surface area contributed by atoms with E-state index in [4.69, 9.17) is 4.74 Å². The van der Waals surface area contributed by atoms with Gasteiger partial charge in [0.1, 0.15) is 5.75 Å². The number of methoxy groups -OCH3 is 1. The van der Waals surface area contributed by atoms with Gasteiger partial charge in [0.15, 0.2) is 5.60 Å². The molecule has 2 amide bonds. The fourth-order valence-electron chi connectivity index (χ4n) is 5.65. The number of rotatable bonds is 8. The van der Waals surface area contributed by atoms with Crippen LogP contribution in [-0.4, -0.2) is 46.7 Å². The maximum absolute atomic E-state index is 13.8. The molecule has 2 aliphatic heterocycles. The van der Waals surface area contributed by atoms with E-state index in [1.54, 1.807) is 54.2 Å². The molecule has 3 aromatic carbocycles. The van der Waals surface area contributed by atoms with Crippen molar-refractivity contribution in [3.63, 3.8) is 0 Å². The number of amides is 2. The molecule has 0 aliphatic carbocycles. The van der Waals surface area contributed by atoms with E-state index in [9.17, 15) is 19.8 Å². The molecule has 0 fully saturated rings. The van der Waals surface area contributed by atoms with Gasteiger partial charge in [-0.25, -0.2) is 0 Å². The molecule has 3 atom stereocenters. The highest BCUT2D eigenvalue weighted by Gasteiger charge is 2.52. The van der Waals surface area contributed by atoms with Crippen LogP contribution in [-0.2, 0) is 34.7 Å². The van der Waals surface area contributed by atoms with Gasteiger partial charge >= 0.3 is 0 Å². The molecular formula is C32H33IN2O5. The van der Waals surface area contributed by atoms with Crippen molar-refractivity contribution in [1.82, 2.24) is 4.90 Å². The van der Waals surface area contributed by atoms with Crippen molar-refractivity contribution in [1.29, 1.82) is 0 Å². The summed E-state index contributed by atoms with van der Waals surface area (Å²) in [4.78, 5) is 30.4. The number of fused-ring (bicyclic) bond motifs is 2. The van der Waals surface area contributed by atoms with E-state index in [0.29, 0.717) is 36.5 Å². The number of aliphatic hydroxyl groups excluding tert-OH is 1. The Balaban J connectivity index is 1.36. The second-order valence-corrected chi connectivity index (χ2v) is 11.7. The average molecular weight is 653 g/mol. The zero-order valence-corrected chi connectivity index (χ0v) is 24.7. The van der Waals surface area contributed by atoms with Crippen molar-refractivity contribution < 1.29 is 24.5 Å². The van der Waals surface area contributed by atoms with E-state index in [0.717, 1.165) is 20.3 Å². The quantitative estimate of drug-likeness (QED) is 0.275. The average Bonchev–Trinajstić information content (AvgIpc) is 3.19. The lowest BCUT2D eigenvalue weighted by atomic mass is 9.82. The molecule has 0 aromatic heterocycles. The van der Waals surface area contributed by atoms with Crippen molar-refractivity contribution >= 4 is 40.1 Å². The largest absolute Gasteiger partial charge is 0.497 e. The summed E-state index contributed by atoms with van der Waals surface area (Å²) >= 11 is 2.24. The molecule has 2 heterocycles. The van der Waals surface area contributed by atoms with Gasteiger partial charge in [-0.1, -0.05) is 55.5 Å². The number of ether oxygens (including phenoxy) is 1. The van der Waals surface area contributed by atoms with Crippen LogP contribution < -0.4 is 9.64 Å². The second-order valence-electron chi connectivity index (χ2n) is 10.4. The van der Waals surface area contributed by atoms with Crippen molar-refractivity contribution in [2.24, 2.45) is 5.92 Å². The number of hydrogen-bond acceptors (Lipinski definition) is 5. The summed E-state index contributed by atoms with van der Waals surface area (Å²) < 4.78 is 6.51. The third kappa shape index (κ3) is 5.27. The number of nitrogens with zero attached hydrogens (tertiary/aromatic N) is 2. The van der Waals surface area contributed by atoms with Crippen LogP contribution >= 0.6 is 22.6 Å². The molecule has 8 heteroatoms. The summed E-state index contributed by atoms with van der Waals surface area (Å²) in [5.41, 5.74) is 2.50. The third-order valence-corrected chi connectivity index (χ3v) is 8.71. The lowest BCUT2D eigenvalue weighted by Crippen LogP contribution is -2.46. The minimum absolute atomic E-state index is 0.102. The van der Waals surface area contributed by atoms with Crippen molar-refractivity contribution in [3.8, 4) is 5.75 Å². The highest BCUT2D eigenvalue weighted by atomic mass is 127. The molecule has 7 nitrogen and oxygen atoms in total. The van der Waals surface area contributed by atoms with Gasteiger partial charge < -0.3 is 24.7 Å². The lowest BCUT2D eigenvalue weighted by Gasteiger charge is -2.36. The Morgan fingerprint density at radius 1 is 1.15 bits per heavy atom. The topological polar surface area (TPSA) is 90.3 Å². The van der Waals surface area contributed by atoms with E-state index < -0.39 is 17.4 Å². The summed E-state index contributed by atoms with van der Waals surface area (Å²) in [5, 5.41) is 21.9. The predicted octanol–water partition coefficient (Wildman–Crippen LogP) is 4.56. The van der Waals surface area contributed by atoms with Crippen molar-refractivity contribution in [2.75, 3.05) is 18.6 Å². The first kappa shape index (κ1) is 28.3. The first-order chi connectivity index (χ1) is 19.3. The monoisotopic (exact) mass is 652 g/mol. The molecule has 3 aromatic rings. The first-order valence-corrected chi connectivity index (χ1v) is 14.4. The Morgan fingerprint density at radius 2 is 1.88 bits per heavy atom. The number of halogens is 1. The van der Waals surface area contributed by atoms with E-state index in [-0.39, 0.29) is 25.0 Å². The summed E-state index contributed by atoms with van der Waals surface area (Å²) in [7, 11) is 1.55. The normalized spacial score (nSPS) is 20.9. The standard InChI is InChI=1S/C32H33IN2O5/c1-21(6-5-9-30(37)34-19-24-8-4-3-7-23(24)16-26(34)20-36)32(39)28-17-27(40-2)14-15-29(28)35(31(32)38)18-22-10-12-25(33)13-11-22/h3-8,10-15,17,21,26,36,39H,9,16,18-20H2,1-2H3/b6-5+/t21-,26-,32+/m0/s1. The van der Waals surface area contributed by atoms with Gasteiger partial charge in [0.25, 0.3) is 5.91 Å². The number of carbonyl (C=O) groups excluding carboxylic acids is 2. The van der Waals surface area contributed by atoms with E-state index >= 15 is 0 Å². The molecule has 2 aliphatic rings. The van der Waals surface area contributed by atoms with Crippen LogP contribution in [0.15, 0.2) is 78.9 Å². The fourth-order valence-corrected chi connectivity index (χ4v) is 6.01. The number of benzene rings is 3. The Morgan fingerprint density at radius 3 is 2.58 bits per heavy atom. The Hall–Kier alpha value is -3.21. The zero-order chi connectivity index (χ0) is 28.4. The van der Waals surface area contributed by atoms with Crippen LogP contribution in [0.4, 0.5) is 5.69 Å². The molecule has 2 N–H and O–H groups in total. The molecule has 208 valence electrons. The van der Waals surface area contributed by atoms with Crippen LogP contribution in [0.25, 0.3) is 0 Å². The van der Waals surface area contributed by atoms with Gasteiger partial charge in [-0.05, 0) is 76.0 Å². The second kappa shape index (κ2) is 11.7. The van der Waals surface area contributed by atoms with Crippen molar-refractivity contribution in [2.45, 2.75) is 44.5 Å². The van der Waals surface area contributed by atoms with Gasteiger partial charge in [0, 0.05) is 28.0 Å². The molecule has 0 radical (unpaired) electrons. The smallest absolute Gasteiger partial charge is 0.264 e. The van der Waals surface area contributed by atoms with Gasteiger partial charge in [-0.2, -0.15) is 0 Å². The lowest BCUT2D eigenvalue weighted by molar-refractivity contribution is -0.139. The van der Waals surface area contributed by atoms with Gasteiger partial charge in [0.05, 0.1) is 32.0 Å². The van der Waals surface area contributed by atoms with Gasteiger partial charge in [-0.15, -0.1) is 0 Å². The minimum atomic E-state index is -1.82. The van der Waals surface area contributed by atoms with Crippen LogP contribution in [0.2, 0.25) is 0 Å². The molecular weight excluding hydrogens is 619 g/mol. The van der Waals surface area contributed by atoms with Crippen LogP contribution in [0.5, 0.6) is 5.75 Å². The number of hydrogen-bond donors (Lipinski definition) is 2. The summed E-state index contributed by atoms with van der Waals surface area (Å²) in [6, 6.07) is 20.9. The summed E-state index contributed by atoms with van der Waals surface area (Å²) in [5.74, 6) is -0.584. The first-order valence-electron chi connectivity index (χ1n) is 13.4. The van der Waals surface area contributed by atoms with Gasteiger partial charge in [0.2, 0.25) is 5.91 Å². The molecule has 0 saturated carbocycles. The van der Waals surface area contributed by atoms with E-state index in [2.05, 4.69) is 22.6 Å². The van der Waals surface area contributed by atoms with Crippen molar-refractivity contribution in [3.05, 3.63) is 105 Å². The SMILES string of the molecule is COc1ccc2c(c1)[C@](O)([C@@H](C)/C=C/CC(=O)N1Cc3ccccc3C[C@H]1CO)C(=O)N2Cc1ccc(I)cc1. The van der Waals surface area contributed by atoms with Crippen LogP contribution in [0.1, 0.15) is 35.6 Å². The maximum Gasteiger partial charge on any atom is 0.264 e. The molecule has 40 heavy (non-hydrogen) atoms. The molecule has 0 unspecified atom stereocenters. The zero-order valence-electron chi connectivity index (χ0n) is 22.6. The highest BCUT2D eigenvalue weighted by molar-refractivity contribution is 14.1. The Bertz CT molecular complexity index is 1440. The molecule has 0 bridgehead atoms. The van der Waals surface area contributed by atoms with E-state index in [1.165, 1.54) is 0 Å². The molecule has 0 saturated heterocycles. The van der Waals surface area contributed by atoms with E-state index in [1.807, 2.05) is 48.5 Å². The van der Waals surface area contributed by atoms with Gasteiger partial charge in [-0.3, -0.25) is 9.59 Å².